The van der Waals surface area contributed by atoms with Crippen molar-refractivity contribution in [2.75, 3.05) is 13.1 Å². The summed E-state index contributed by atoms with van der Waals surface area (Å²) < 4.78 is 0. The number of carboxylic acids is 1. The minimum Gasteiger partial charge on any atom is -0.481 e. The normalized spacial score (nSPS) is 21.4. The van der Waals surface area contributed by atoms with Gasteiger partial charge in [0.1, 0.15) is 0 Å². The summed E-state index contributed by atoms with van der Waals surface area (Å²) in [5.41, 5.74) is -0.268. The molecule has 1 N–H and O–H groups in total. The van der Waals surface area contributed by atoms with Crippen molar-refractivity contribution in [3.63, 3.8) is 0 Å². The molecule has 0 bridgehead atoms. The maximum absolute atomic E-state index is 12.5. The molecule has 0 spiro atoms. The van der Waals surface area contributed by atoms with Crippen LogP contribution in [-0.2, 0) is 9.59 Å². The Kier molecular flexibility index (Phi) is 5.06. The van der Waals surface area contributed by atoms with E-state index in [9.17, 15) is 9.59 Å². The number of carbonyl (C=O) groups is 2. The molecule has 0 unspecified atom stereocenters. The molecule has 0 atom stereocenters. The van der Waals surface area contributed by atoms with Gasteiger partial charge in [-0.25, -0.2) is 0 Å². The molecule has 2 rings (SSSR count). The average molecular weight is 281 g/mol. The van der Waals surface area contributed by atoms with E-state index in [1.165, 1.54) is 19.3 Å². The fourth-order valence-corrected chi connectivity index (χ4v) is 3.69. The van der Waals surface area contributed by atoms with Crippen molar-refractivity contribution >= 4 is 11.9 Å². The van der Waals surface area contributed by atoms with E-state index in [-0.39, 0.29) is 17.7 Å². The van der Waals surface area contributed by atoms with E-state index in [0.717, 1.165) is 38.8 Å². The van der Waals surface area contributed by atoms with Gasteiger partial charge in [-0.2, -0.15) is 0 Å². The third-order valence-corrected chi connectivity index (χ3v) is 5.15. The first kappa shape index (κ1) is 15.3. The molecular formula is C16H27NO3. The highest BCUT2D eigenvalue weighted by atomic mass is 16.4. The quantitative estimate of drug-likeness (QED) is 0.780. The predicted octanol–water partition coefficient (Wildman–Crippen LogP) is 3.06. The number of hydrogen-bond donors (Lipinski definition) is 1. The van der Waals surface area contributed by atoms with Crippen LogP contribution in [-0.4, -0.2) is 35.0 Å². The van der Waals surface area contributed by atoms with Crippen LogP contribution in [0.2, 0.25) is 0 Å². The SMILES string of the molecule is CCN(CC1CCC1)C(=O)CC1(CC(=O)O)CCCC1. The summed E-state index contributed by atoms with van der Waals surface area (Å²) in [5.74, 6) is 0.0854. The van der Waals surface area contributed by atoms with Crippen LogP contribution in [0.1, 0.15) is 64.7 Å². The molecule has 4 nitrogen and oxygen atoms in total. The number of carbonyl (C=O) groups excluding carboxylic acids is 1. The molecule has 20 heavy (non-hydrogen) atoms. The Bertz CT molecular complexity index is 357. The van der Waals surface area contributed by atoms with Gasteiger partial charge in [0.25, 0.3) is 0 Å². The second-order valence-corrected chi connectivity index (χ2v) is 6.68. The van der Waals surface area contributed by atoms with Gasteiger partial charge in [-0.3, -0.25) is 9.59 Å². The highest BCUT2D eigenvalue weighted by molar-refractivity contribution is 5.78. The molecule has 2 aliphatic carbocycles. The number of carboxylic acid groups (broad SMARTS) is 1. The van der Waals surface area contributed by atoms with Crippen molar-refractivity contribution in [2.24, 2.45) is 11.3 Å². The summed E-state index contributed by atoms with van der Waals surface area (Å²) in [7, 11) is 0. The monoisotopic (exact) mass is 281 g/mol. The minimum atomic E-state index is -0.762. The fraction of sp³-hybridized carbons (Fsp3) is 0.875. The Labute approximate surface area is 121 Å². The highest BCUT2D eigenvalue weighted by Gasteiger charge is 2.39. The number of hydrogen-bond acceptors (Lipinski definition) is 2. The molecule has 2 fully saturated rings. The van der Waals surface area contributed by atoms with Crippen molar-refractivity contribution < 1.29 is 14.7 Å². The molecule has 4 heteroatoms. The first-order valence-electron chi connectivity index (χ1n) is 8.04. The second-order valence-electron chi connectivity index (χ2n) is 6.68. The van der Waals surface area contributed by atoms with Gasteiger partial charge in [0.2, 0.25) is 5.91 Å². The molecule has 0 aromatic heterocycles. The van der Waals surface area contributed by atoms with Crippen LogP contribution in [0.5, 0.6) is 0 Å². The van der Waals surface area contributed by atoms with Crippen LogP contribution in [0, 0.1) is 11.3 Å². The van der Waals surface area contributed by atoms with Gasteiger partial charge in [0.15, 0.2) is 0 Å². The Morgan fingerprint density at radius 2 is 1.80 bits per heavy atom. The van der Waals surface area contributed by atoms with Crippen LogP contribution in [0.15, 0.2) is 0 Å². The summed E-state index contributed by atoms with van der Waals surface area (Å²) in [6.07, 6.45) is 8.27. The van der Waals surface area contributed by atoms with E-state index < -0.39 is 5.97 Å². The zero-order chi connectivity index (χ0) is 14.6. The van der Waals surface area contributed by atoms with Crippen molar-refractivity contribution in [1.82, 2.24) is 4.90 Å². The van der Waals surface area contributed by atoms with Crippen molar-refractivity contribution in [2.45, 2.75) is 64.7 Å². The Balaban J connectivity index is 1.93. The largest absolute Gasteiger partial charge is 0.481 e. The molecule has 0 heterocycles. The topological polar surface area (TPSA) is 57.6 Å². The van der Waals surface area contributed by atoms with Crippen molar-refractivity contribution in [3.8, 4) is 0 Å². The van der Waals surface area contributed by atoms with E-state index in [4.69, 9.17) is 5.11 Å². The van der Waals surface area contributed by atoms with Gasteiger partial charge < -0.3 is 10.0 Å². The summed E-state index contributed by atoms with van der Waals surface area (Å²) in [6, 6.07) is 0. The zero-order valence-electron chi connectivity index (χ0n) is 12.6. The van der Waals surface area contributed by atoms with E-state index in [1.54, 1.807) is 0 Å². The number of amides is 1. The van der Waals surface area contributed by atoms with Gasteiger partial charge in [-0.05, 0) is 43.9 Å². The molecule has 114 valence electrons. The van der Waals surface area contributed by atoms with Crippen LogP contribution in [0.3, 0.4) is 0 Å². The summed E-state index contributed by atoms with van der Waals surface area (Å²) in [4.78, 5) is 25.6. The number of aliphatic carboxylic acids is 1. The maximum atomic E-state index is 12.5. The van der Waals surface area contributed by atoms with Gasteiger partial charge in [0, 0.05) is 19.5 Å². The Morgan fingerprint density at radius 1 is 1.15 bits per heavy atom. The van der Waals surface area contributed by atoms with Crippen LogP contribution in [0.4, 0.5) is 0 Å². The minimum absolute atomic E-state index is 0.153. The average Bonchev–Trinajstić information content (AvgIpc) is 2.74. The van der Waals surface area contributed by atoms with Crippen LogP contribution >= 0.6 is 0 Å². The second kappa shape index (κ2) is 6.59. The summed E-state index contributed by atoms with van der Waals surface area (Å²) in [5, 5.41) is 9.12. The summed E-state index contributed by atoms with van der Waals surface area (Å²) in [6.45, 7) is 3.64. The highest BCUT2D eigenvalue weighted by Crippen LogP contribution is 2.44. The van der Waals surface area contributed by atoms with Crippen LogP contribution in [0.25, 0.3) is 0 Å². The van der Waals surface area contributed by atoms with Crippen molar-refractivity contribution in [1.29, 1.82) is 0 Å². The molecule has 0 aromatic rings. The third kappa shape index (κ3) is 3.74. The molecule has 1 amide bonds. The fourth-order valence-electron chi connectivity index (χ4n) is 3.69. The number of nitrogens with zero attached hydrogens (tertiary/aromatic N) is 1. The lowest BCUT2D eigenvalue weighted by Crippen LogP contribution is -2.40. The Hall–Kier alpha value is -1.06. The van der Waals surface area contributed by atoms with Crippen molar-refractivity contribution in [3.05, 3.63) is 0 Å². The van der Waals surface area contributed by atoms with Crippen LogP contribution < -0.4 is 0 Å². The maximum Gasteiger partial charge on any atom is 0.303 e. The lowest BCUT2D eigenvalue weighted by Gasteiger charge is -2.34. The number of rotatable bonds is 7. The lowest BCUT2D eigenvalue weighted by molar-refractivity contribution is -0.141. The standard InChI is InChI=1S/C16H27NO3/c1-2-17(12-13-6-5-7-13)14(18)10-16(11-15(19)20)8-3-4-9-16/h13H,2-12H2,1H3,(H,19,20). The first-order chi connectivity index (χ1) is 9.54. The van der Waals surface area contributed by atoms with Gasteiger partial charge in [-0.1, -0.05) is 19.3 Å². The van der Waals surface area contributed by atoms with Gasteiger partial charge in [-0.15, -0.1) is 0 Å². The molecule has 0 saturated heterocycles. The molecular weight excluding hydrogens is 254 g/mol. The molecule has 0 radical (unpaired) electrons. The molecule has 0 aromatic carbocycles. The van der Waals surface area contributed by atoms with E-state index in [0.29, 0.717) is 12.3 Å². The smallest absolute Gasteiger partial charge is 0.303 e. The van der Waals surface area contributed by atoms with E-state index >= 15 is 0 Å². The van der Waals surface area contributed by atoms with E-state index in [1.807, 2.05) is 11.8 Å². The third-order valence-electron chi connectivity index (χ3n) is 5.15. The Morgan fingerprint density at radius 3 is 2.25 bits per heavy atom. The first-order valence-corrected chi connectivity index (χ1v) is 8.04. The van der Waals surface area contributed by atoms with E-state index in [2.05, 4.69) is 0 Å². The molecule has 2 saturated carbocycles. The van der Waals surface area contributed by atoms with Gasteiger partial charge in [0.05, 0.1) is 6.42 Å². The molecule has 2 aliphatic rings. The lowest BCUT2D eigenvalue weighted by atomic mass is 9.78. The summed E-state index contributed by atoms with van der Waals surface area (Å²) >= 11 is 0. The predicted molar refractivity (Wildman–Crippen MR) is 77.4 cm³/mol. The zero-order valence-corrected chi connectivity index (χ0v) is 12.6. The molecule has 0 aliphatic heterocycles. The van der Waals surface area contributed by atoms with Gasteiger partial charge >= 0.3 is 5.97 Å².